The SMILES string of the molecule is Cc1nc(CSc2ccc(C(=O)NCCCCN)cc2)cs1.Cl.Cl. The van der Waals surface area contributed by atoms with Crippen LogP contribution in [0.4, 0.5) is 0 Å². The first-order valence-corrected chi connectivity index (χ1v) is 9.17. The van der Waals surface area contributed by atoms with Crippen LogP contribution in [0.3, 0.4) is 0 Å². The zero-order valence-corrected chi connectivity index (χ0v) is 16.8. The molecule has 0 saturated carbocycles. The van der Waals surface area contributed by atoms with Crippen molar-refractivity contribution >= 4 is 53.8 Å². The number of nitrogens with one attached hydrogen (secondary N) is 1. The maximum atomic E-state index is 11.9. The number of hydrogen-bond acceptors (Lipinski definition) is 5. The molecular weight excluding hydrogens is 385 g/mol. The van der Waals surface area contributed by atoms with Crippen molar-refractivity contribution in [1.82, 2.24) is 10.3 Å². The van der Waals surface area contributed by atoms with Gasteiger partial charge in [-0.15, -0.1) is 47.9 Å². The summed E-state index contributed by atoms with van der Waals surface area (Å²) < 4.78 is 0. The topological polar surface area (TPSA) is 68.0 Å². The van der Waals surface area contributed by atoms with Gasteiger partial charge in [0.15, 0.2) is 0 Å². The molecule has 0 aliphatic heterocycles. The van der Waals surface area contributed by atoms with Gasteiger partial charge in [-0.2, -0.15) is 0 Å². The predicted molar refractivity (Wildman–Crippen MR) is 108 cm³/mol. The normalized spacial score (nSPS) is 9.75. The number of carbonyl (C=O) groups excluding carboxylic acids is 1. The quantitative estimate of drug-likeness (QED) is 0.511. The molecule has 0 aliphatic rings. The van der Waals surface area contributed by atoms with Gasteiger partial charge < -0.3 is 11.1 Å². The van der Waals surface area contributed by atoms with Crippen LogP contribution in [0.25, 0.3) is 0 Å². The largest absolute Gasteiger partial charge is 0.352 e. The number of rotatable bonds is 8. The Hall–Kier alpha value is -0.790. The standard InChI is InChI=1S/C16H21N3OS2.2ClH/c1-12-19-14(10-21-12)11-22-15-6-4-13(5-7-15)16(20)18-9-3-2-8-17;;/h4-7,10H,2-3,8-9,11,17H2,1H3,(H,18,20);2*1H. The lowest BCUT2D eigenvalue weighted by molar-refractivity contribution is 0.0953. The van der Waals surface area contributed by atoms with E-state index in [4.69, 9.17) is 5.73 Å². The number of nitrogens with zero attached hydrogens (tertiary/aromatic N) is 1. The highest BCUT2D eigenvalue weighted by Gasteiger charge is 2.05. The second-order valence-corrected chi connectivity index (χ2v) is 7.03. The van der Waals surface area contributed by atoms with Gasteiger partial charge in [0, 0.05) is 28.1 Å². The summed E-state index contributed by atoms with van der Waals surface area (Å²) >= 11 is 3.40. The maximum Gasteiger partial charge on any atom is 0.251 e. The lowest BCUT2D eigenvalue weighted by Gasteiger charge is -2.05. The predicted octanol–water partition coefficient (Wildman–Crippen LogP) is 4.06. The van der Waals surface area contributed by atoms with Crippen LogP contribution >= 0.6 is 47.9 Å². The number of hydrogen-bond donors (Lipinski definition) is 2. The summed E-state index contributed by atoms with van der Waals surface area (Å²) in [5.41, 5.74) is 7.23. The molecule has 134 valence electrons. The summed E-state index contributed by atoms with van der Waals surface area (Å²) in [6.07, 6.45) is 1.86. The highest BCUT2D eigenvalue weighted by molar-refractivity contribution is 7.98. The number of thioether (sulfide) groups is 1. The van der Waals surface area contributed by atoms with Crippen molar-refractivity contribution < 1.29 is 4.79 Å². The molecule has 0 unspecified atom stereocenters. The second-order valence-electron chi connectivity index (χ2n) is 4.92. The van der Waals surface area contributed by atoms with Crippen LogP contribution in [0.1, 0.15) is 33.9 Å². The van der Waals surface area contributed by atoms with E-state index in [1.807, 2.05) is 31.2 Å². The number of halogens is 2. The summed E-state index contributed by atoms with van der Waals surface area (Å²) in [6.45, 7) is 3.36. The van der Waals surface area contributed by atoms with Gasteiger partial charge in [-0.1, -0.05) is 0 Å². The lowest BCUT2D eigenvalue weighted by atomic mass is 10.2. The number of nitrogens with two attached hydrogens (primary N) is 1. The van der Waals surface area contributed by atoms with Crippen LogP contribution < -0.4 is 11.1 Å². The second kappa shape index (κ2) is 12.6. The zero-order valence-electron chi connectivity index (χ0n) is 13.5. The molecule has 2 rings (SSSR count). The molecule has 1 aromatic carbocycles. The van der Waals surface area contributed by atoms with Crippen LogP contribution in [-0.2, 0) is 5.75 Å². The Labute approximate surface area is 163 Å². The Balaban J connectivity index is 0.00000264. The average Bonchev–Trinajstić information content (AvgIpc) is 2.95. The third-order valence-corrected chi connectivity index (χ3v) is 4.95. The Morgan fingerprint density at radius 3 is 2.54 bits per heavy atom. The monoisotopic (exact) mass is 407 g/mol. The molecule has 3 N–H and O–H groups in total. The Bertz CT molecular complexity index is 606. The van der Waals surface area contributed by atoms with Crippen LogP contribution in [0.5, 0.6) is 0 Å². The van der Waals surface area contributed by atoms with Gasteiger partial charge in [-0.3, -0.25) is 4.79 Å². The van der Waals surface area contributed by atoms with Gasteiger partial charge >= 0.3 is 0 Å². The Kier molecular flexibility index (Phi) is 12.1. The Morgan fingerprint density at radius 1 is 1.25 bits per heavy atom. The molecule has 1 heterocycles. The third kappa shape index (κ3) is 7.85. The average molecular weight is 408 g/mol. The molecule has 2 aromatic rings. The molecule has 0 saturated heterocycles. The fourth-order valence-corrected chi connectivity index (χ4v) is 3.42. The summed E-state index contributed by atoms with van der Waals surface area (Å²) in [4.78, 5) is 17.5. The van der Waals surface area contributed by atoms with Crippen molar-refractivity contribution in [3.8, 4) is 0 Å². The van der Waals surface area contributed by atoms with Crippen molar-refractivity contribution in [3.63, 3.8) is 0 Å². The lowest BCUT2D eigenvalue weighted by Crippen LogP contribution is -2.24. The fraction of sp³-hybridized carbons (Fsp3) is 0.375. The van der Waals surface area contributed by atoms with Crippen LogP contribution in [0.15, 0.2) is 34.5 Å². The number of carbonyl (C=O) groups is 1. The summed E-state index contributed by atoms with van der Waals surface area (Å²) in [5, 5.41) is 6.09. The van der Waals surface area contributed by atoms with Gasteiger partial charge in [0.05, 0.1) is 10.7 Å². The number of unbranched alkanes of at least 4 members (excludes halogenated alkanes) is 1. The number of amides is 1. The molecule has 0 atom stereocenters. The molecule has 4 nitrogen and oxygen atoms in total. The summed E-state index contributed by atoms with van der Waals surface area (Å²) in [7, 11) is 0. The first-order valence-electron chi connectivity index (χ1n) is 7.31. The number of aromatic nitrogens is 1. The van der Waals surface area contributed by atoms with E-state index in [0.29, 0.717) is 18.7 Å². The first kappa shape index (κ1) is 23.2. The Morgan fingerprint density at radius 2 is 1.96 bits per heavy atom. The molecule has 8 heteroatoms. The van der Waals surface area contributed by atoms with Gasteiger partial charge in [-0.25, -0.2) is 4.98 Å². The van der Waals surface area contributed by atoms with E-state index < -0.39 is 0 Å². The van der Waals surface area contributed by atoms with Crippen molar-refractivity contribution in [2.45, 2.75) is 30.4 Å². The third-order valence-electron chi connectivity index (χ3n) is 3.09. The first-order chi connectivity index (χ1) is 10.7. The highest BCUT2D eigenvalue weighted by atomic mass is 35.5. The van der Waals surface area contributed by atoms with E-state index in [1.54, 1.807) is 23.1 Å². The summed E-state index contributed by atoms with van der Waals surface area (Å²) in [6, 6.07) is 7.71. The van der Waals surface area contributed by atoms with Crippen molar-refractivity contribution in [1.29, 1.82) is 0 Å². The molecule has 24 heavy (non-hydrogen) atoms. The molecule has 0 aliphatic carbocycles. The maximum absolute atomic E-state index is 11.9. The fourth-order valence-electron chi connectivity index (χ4n) is 1.91. The molecule has 1 aromatic heterocycles. The molecule has 0 spiro atoms. The summed E-state index contributed by atoms with van der Waals surface area (Å²) in [5.74, 6) is 0.832. The molecule has 1 amide bonds. The van der Waals surface area contributed by atoms with Crippen LogP contribution in [0.2, 0.25) is 0 Å². The van der Waals surface area contributed by atoms with E-state index in [1.165, 1.54) is 0 Å². The van der Waals surface area contributed by atoms with Gasteiger partial charge in [0.1, 0.15) is 0 Å². The van der Waals surface area contributed by atoms with E-state index in [-0.39, 0.29) is 30.7 Å². The van der Waals surface area contributed by atoms with E-state index in [9.17, 15) is 4.79 Å². The number of thiazole rings is 1. The van der Waals surface area contributed by atoms with Gasteiger partial charge in [-0.05, 0) is 50.6 Å². The molecule has 0 fully saturated rings. The van der Waals surface area contributed by atoms with Crippen molar-refractivity contribution in [3.05, 3.63) is 45.9 Å². The van der Waals surface area contributed by atoms with Crippen molar-refractivity contribution in [2.75, 3.05) is 13.1 Å². The van der Waals surface area contributed by atoms with Gasteiger partial charge in [0.2, 0.25) is 0 Å². The molecular formula is C16H23Cl2N3OS2. The zero-order chi connectivity index (χ0) is 15.8. The van der Waals surface area contributed by atoms with Crippen molar-refractivity contribution in [2.24, 2.45) is 5.73 Å². The molecule has 0 radical (unpaired) electrons. The van der Waals surface area contributed by atoms with Crippen LogP contribution in [-0.4, -0.2) is 24.0 Å². The minimum atomic E-state index is -0.0244. The molecule has 0 bridgehead atoms. The highest BCUT2D eigenvalue weighted by Crippen LogP contribution is 2.23. The number of benzene rings is 1. The number of aryl methyl sites for hydroxylation is 1. The van der Waals surface area contributed by atoms with E-state index in [0.717, 1.165) is 34.2 Å². The van der Waals surface area contributed by atoms with Gasteiger partial charge in [0.25, 0.3) is 5.91 Å². The van der Waals surface area contributed by atoms with Crippen LogP contribution in [0, 0.1) is 6.92 Å². The minimum absolute atomic E-state index is 0. The van der Waals surface area contributed by atoms with E-state index in [2.05, 4.69) is 15.7 Å². The smallest absolute Gasteiger partial charge is 0.251 e. The van der Waals surface area contributed by atoms with E-state index >= 15 is 0 Å². The minimum Gasteiger partial charge on any atom is -0.352 e.